The summed E-state index contributed by atoms with van der Waals surface area (Å²) in [5.74, 6) is -0.707. The molecule has 1 N–H and O–H groups in total. The molecule has 0 unspecified atom stereocenters. The van der Waals surface area contributed by atoms with Crippen molar-refractivity contribution in [1.82, 2.24) is 10.2 Å². The Morgan fingerprint density at radius 2 is 1.44 bits per heavy atom. The minimum Gasteiger partial charge on any atom is -0.350 e. The Bertz CT molecular complexity index is 1090. The van der Waals surface area contributed by atoms with Gasteiger partial charge in [0, 0.05) is 18.5 Å². The summed E-state index contributed by atoms with van der Waals surface area (Å²) in [5.41, 5.74) is 3.28. The zero-order valence-electron chi connectivity index (χ0n) is 20.3. The Morgan fingerprint density at radius 1 is 0.853 bits per heavy atom. The van der Waals surface area contributed by atoms with Gasteiger partial charge >= 0.3 is 0 Å². The monoisotopic (exact) mass is 460 g/mol. The van der Waals surface area contributed by atoms with Crippen molar-refractivity contribution in [3.05, 3.63) is 107 Å². The van der Waals surface area contributed by atoms with Crippen LogP contribution in [0.4, 0.5) is 4.39 Å². The number of rotatable bonds is 8. The van der Waals surface area contributed by atoms with Gasteiger partial charge in [-0.25, -0.2) is 4.39 Å². The summed E-state index contributed by atoms with van der Waals surface area (Å²) in [4.78, 5) is 28.8. The topological polar surface area (TPSA) is 49.4 Å². The summed E-state index contributed by atoms with van der Waals surface area (Å²) < 4.78 is 13.5. The first kappa shape index (κ1) is 25.2. The van der Waals surface area contributed by atoms with E-state index in [9.17, 15) is 14.0 Å². The molecule has 0 aliphatic heterocycles. The molecule has 34 heavy (non-hydrogen) atoms. The Hall–Kier alpha value is -3.47. The van der Waals surface area contributed by atoms with Gasteiger partial charge in [-0.15, -0.1) is 0 Å². The van der Waals surface area contributed by atoms with Gasteiger partial charge in [-0.3, -0.25) is 9.59 Å². The number of nitrogens with zero attached hydrogens (tertiary/aromatic N) is 1. The predicted octanol–water partition coefficient (Wildman–Crippen LogP) is 5.23. The van der Waals surface area contributed by atoms with Crippen LogP contribution >= 0.6 is 0 Å². The van der Waals surface area contributed by atoms with Crippen LogP contribution in [0, 0.1) is 12.7 Å². The van der Waals surface area contributed by atoms with E-state index in [1.807, 2.05) is 82.3 Å². The second kappa shape index (κ2) is 11.1. The van der Waals surface area contributed by atoms with E-state index >= 15 is 0 Å². The summed E-state index contributed by atoms with van der Waals surface area (Å²) in [6.45, 7) is 7.97. The van der Waals surface area contributed by atoms with E-state index in [4.69, 9.17) is 0 Å². The van der Waals surface area contributed by atoms with E-state index in [2.05, 4.69) is 5.32 Å². The van der Waals surface area contributed by atoms with E-state index in [1.165, 1.54) is 12.1 Å². The maximum Gasteiger partial charge on any atom is 0.243 e. The summed E-state index contributed by atoms with van der Waals surface area (Å²) >= 11 is 0. The predicted molar refractivity (Wildman–Crippen MR) is 134 cm³/mol. The fourth-order valence-electron chi connectivity index (χ4n) is 3.78. The number of nitrogens with one attached hydrogen (secondary N) is 1. The molecule has 1 atom stereocenters. The third kappa shape index (κ3) is 7.55. The minimum atomic E-state index is -0.718. The summed E-state index contributed by atoms with van der Waals surface area (Å²) in [6.07, 6.45) is 0.555. The van der Waals surface area contributed by atoms with Crippen molar-refractivity contribution in [1.29, 1.82) is 0 Å². The molecule has 0 saturated carbocycles. The van der Waals surface area contributed by atoms with Crippen molar-refractivity contribution < 1.29 is 14.0 Å². The quantitative estimate of drug-likeness (QED) is 0.500. The molecule has 3 aromatic rings. The Labute approximate surface area is 201 Å². The zero-order chi connectivity index (χ0) is 24.7. The number of hydrogen-bond donors (Lipinski definition) is 1. The van der Waals surface area contributed by atoms with Gasteiger partial charge in [0.15, 0.2) is 0 Å². The number of benzene rings is 3. The van der Waals surface area contributed by atoms with Crippen molar-refractivity contribution in [3.63, 3.8) is 0 Å². The molecule has 3 aromatic carbocycles. The lowest BCUT2D eigenvalue weighted by Gasteiger charge is -2.34. The molecule has 5 heteroatoms. The van der Waals surface area contributed by atoms with E-state index in [1.54, 1.807) is 17.0 Å². The molecule has 0 fully saturated rings. The molecule has 0 bridgehead atoms. The van der Waals surface area contributed by atoms with Crippen LogP contribution in [0.2, 0.25) is 0 Å². The Morgan fingerprint density at radius 3 is 2.03 bits per heavy atom. The fraction of sp³-hybridized carbons (Fsp3) is 0.310. The average Bonchev–Trinajstić information content (AvgIpc) is 2.78. The van der Waals surface area contributed by atoms with Gasteiger partial charge in [0.05, 0.1) is 6.42 Å². The number of carbonyl (C=O) groups excluding carboxylic acids is 2. The van der Waals surface area contributed by atoms with Gasteiger partial charge in [-0.2, -0.15) is 0 Å². The van der Waals surface area contributed by atoms with Crippen molar-refractivity contribution in [3.8, 4) is 0 Å². The van der Waals surface area contributed by atoms with E-state index in [0.717, 1.165) is 22.3 Å². The van der Waals surface area contributed by atoms with Crippen LogP contribution < -0.4 is 5.32 Å². The van der Waals surface area contributed by atoms with Crippen LogP contribution in [-0.2, 0) is 29.0 Å². The second-order valence-corrected chi connectivity index (χ2v) is 9.76. The average molecular weight is 461 g/mol. The van der Waals surface area contributed by atoms with Gasteiger partial charge in [-0.05, 0) is 56.5 Å². The maximum atomic E-state index is 13.6. The van der Waals surface area contributed by atoms with Crippen LogP contribution in [0.3, 0.4) is 0 Å². The normalized spacial score (nSPS) is 12.1. The van der Waals surface area contributed by atoms with E-state index in [0.29, 0.717) is 6.42 Å². The maximum absolute atomic E-state index is 13.6. The van der Waals surface area contributed by atoms with E-state index in [-0.39, 0.29) is 30.6 Å². The van der Waals surface area contributed by atoms with Crippen LogP contribution in [0.1, 0.15) is 43.0 Å². The first-order valence-corrected chi connectivity index (χ1v) is 11.6. The number of halogens is 1. The molecule has 3 rings (SSSR count). The van der Waals surface area contributed by atoms with Gasteiger partial charge in [0.1, 0.15) is 11.9 Å². The SMILES string of the molecule is Cc1ccc(CC(=O)N(Cc2ccc(F)cc2)[C@@H](Cc2ccccc2)C(=O)NC(C)(C)C)cc1. The molecular weight excluding hydrogens is 427 g/mol. The first-order chi connectivity index (χ1) is 16.1. The minimum absolute atomic E-state index is 0.154. The molecule has 0 radical (unpaired) electrons. The highest BCUT2D eigenvalue weighted by Crippen LogP contribution is 2.18. The van der Waals surface area contributed by atoms with Crippen LogP contribution in [0.5, 0.6) is 0 Å². The highest BCUT2D eigenvalue weighted by atomic mass is 19.1. The molecular formula is C29H33FN2O2. The molecule has 4 nitrogen and oxygen atoms in total. The van der Waals surface area contributed by atoms with Gasteiger partial charge in [-0.1, -0.05) is 72.3 Å². The molecule has 0 aliphatic rings. The second-order valence-electron chi connectivity index (χ2n) is 9.76. The molecule has 0 saturated heterocycles. The van der Waals surface area contributed by atoms with Crippen molar-refractivity contribution in [2.75, 3.05) is 0 Å². The number of aryl methyl sites for hydroxylation is 1. The Kier molecular flexibility index (Phi) is 8.21. The van der Waals surface area contributed by atoms with Gasteiger partial charge in [0.25, 0.3) is 0 Å². The first-order valence-electron chi connectivity index (χ1n) is 11.6. The largest absolute Gasteiger partial charge is 0.350 e. The highest BCUT2D eigenvalue weighted by Gasteiger charge is 2.32. The lowest BCUT2D eigenvalue weighted by atomic mass is 9.99. The molecule has 0 aliphatic carbocycles. The zero-order valence-corrected chi connectivity index (χ0v) is 20.3. The van der Waals surface area contributed by atoms with Crippen molar-refractivity contribution >= 4 is 11.8 Å². The van der Waals surface area contributed by atoms with Gasteiger partial charge in [0.2, 0.25) is 11.8 Å². The van der Waals surface area contributed by atoms with Crippen LogP contribution in [0.15, 0.2) is 78.9 Å². The number of amides is 2. The van der Waals surface area contributed by atoms with Crippen LogP contribution in [0.25, 0.3) is 0 Å². The smallest absolute Gasteiger partial charge is 0.243 e. The summed E-state index contributed by atoms with van der Waals surface area (Å²) in [6, 6.07) is 22.8. The number of hydrogen-bond acceptors (Lipinski definition) is 2. The summed E-state index contributed by atoms with van der Waals surface area (Å²) in [7, 11) is 0. The molecule has 0 spiro atoms. The lowest BCUT2D eigenvalue weighted by Crippen LogP contribution is -2.54. The van der Waals surface area contributed by atoms with E-state index < -0.39 is 11.6 Å². The molecule has 0 heterocycles. The lowest BCUT2D eigenvalue weighted by molar-refractivity contribution is -0.141. The Balaban J connectivity index is 1.97. The number of carbonyl (C=O) groups is 2. The highest BCUT2D eigenvalue weighted by molar-refractivity contribution is 5.89. The van der Waals surface area contributed by atoms with Crippen molar-refractivity contribution in [2.45, 2.75) is 58.7 Å². The third-order valence-electron chi connectivity index (χ3n) is 5.51. The summed E-state index contributed by atoms with van der Waals surface area (Å²) in [5, 5.41) is 3.05. The standard InChI is InChI=1S/C29H33FN2O2/c1-21-10-12-23(13-11-21)19-27(33)32(20-24-14-16-25(30)17-15-24)26(28(34)31-29(2,3)4)18-22-8-6-5-7-9-22/h5-17,26H,18-20H2,1-4H3,(H,31,34)/t26-/m0/s1. The molecule has 2 amide bonds. The molecule has 178 valence electrons. The van der Waals surface area contributed by atoms with Crippen molar-refractivity contribution in [2.24, 2.45) is 0 Å². The molecule has 0 aromatic heterocycles. The third-order valence-corrected chi connectivity index (χ3v) is 5.51. The fourth-order valence-corrected chi connectivity index (χ4v) is 3.78. The van der Waals surface area contributed by atoms with Gasteiger partial charge < -0.3 is 10.2 Å². The van der Waals surface area contributed by atoms with Crippen LogP contribution in [-0.4, -0.2) is 28.3 Å².